The molecule has 1 heterocycles. The molecule has 1 fully saturated rings. The van der Waals surface area contributed by atoms with Crippen molar-refractivity contribution in [3.05, 3.63) is 23.8 Å². The lowest BCUT2D eigenvalue weighted by atomic mass is 10.1. The molecule has 1 aromatic rings. The van der Waals surface area contributed by atoms with Crippen LogP contribution in [0.1, 0.15) is 16.8 Å². The monoisotopic (exact) mass is 279 g/mol. The Bertz CT molecular complexity index is 582. The molecule has 2 rings (SSSR count). The molecule has 7 heteroatoms. The fourth-order valence-electron chi connectivity index (χ4n) is 2.23. The summed E-state index contributed by atoms with van der Waals surface area (Å²) >= 11 is 0. The fraction of sp³-hybridized carbons (Fsp3) is 0.308. The van der Waals surface area contributed by atoms with E-state index in [1.807, 2.05) is 0 Å². The Labute approximate surface area is 114 Å². The Kier molecular flexibility index (Phi) is 3.60. The van der Waals surface area contributed by atoms with E-state index in [9.17, 15) is 19.5 Å². The van der Waals surface area contributed by atoms with Crippen LogP contribution in [0.4, 0.5) is 5.69 Å². The van der Waals surface area contributed by atoms with E-state index in [1.54, 1.807) is 0 Å². The maximum atomic E-state index is 11.9. The second kappa shape index (κ2) is 5.20. The first-order chi connectivity index (χ1) is 9.45. The molecule has 1 amide bonds. The van der Waals surface area contributed by atoms with E-state index in [0.29, 0.717) is 0 Å². The van der Waals surface area contributed by atoms with Crippen LogP contribution in [0.15, 0.2) is 18.2 Å². The van der Waals surface area contributed by atoms with Gasteiger partial charge in [0, 0.05) is 13.0 Å². The van der Waals surface area contributed by atoms with Crippen LogP contribution < -0.4 is 9.64 Å². The van der Waals surface area contributed by atoms with Crippen LogP contribution in [0.25, 0.3) is 0 Å². The molecule has 0 aromatic heterocycles. The Balaban J connectivity index is 2.49. The van der Waals surface area contributed by atoms with E-state index >= 15 is 0 Å². The minimum Gasteiger partial charge on any atom is -0.495 e. The minimum absolute atomic E-state index is 0.0607. The molecule has 1 atom stereocenters. The summed E-state index contributed by atoms with van der Waals surface area (Å²) in [6.45, 7) is -0.0607. The molecular formula is C13H13NO6. The Hall–Kier alpha value is -2.57. The zero-order valence-corrected chi connectivity index (χ0v) is 10.7. The van der Waals surface area contributed by atoms with Crippen molar-refractivity contribution in [2.45, 2.75) is 6.42 Å². The predicted octanol–water partition coefficient (Wildman–Crippen LogP) is 0.831. The first-order valence-corrected chi connectivity index (χ1v) is 5.89. The highest BCUT2D eigenvalue weighted by Gasteiger charge is 2.38. The minimum atomic E-state index is -1.20. The average molecular weight is 279 g/mol. The largest absolute Gasteiger partial charge is 0.495 e. The highest BCUT2D eigenvalue weighted by Crippen LogP contribution is 2.36. The van der Waals surface area contributed by atoms with Crippen LogP contribution in [0, 0.1) is 5.92 Å². The second-order valence-corrected chi connectivity index (χ2v) is 4.41. The Morgan fingerprint density at radius 1 is 1.35 bits per heavy atom. The first kappa shape index (κ1) is 13.9. The molecule has 1 saturated heterocycles. The lowest BCUT2D eigenvalue weighted by Gasteiger charge is -2.21. The number of carboxylic acids is 2. The number of anilines is 1. The number of carbonyl (C=O) groups is 3. The van der Waals surface area contributed by atoms with E-state index in [2.05, 4.69) is 0 Å². The molecule has 1 aliphatic heterocycles. The summed E-state index contributed by atoms with van der Waals surface area (Å²) in [7, 11) is 1.36. The Morgan fingerprint density at radius 3 is 2.55 bits per heavy atom. The third-order valence-electron chi connectivity index (χ3n) is 3.19. The molecule has 7 nitrogen and oxygen atoms in total. The van der Waals surface area contributed by atoms with Gasteiger partial charge in [-0.1, -0.05) is 6.07 Å². The van der Waals surface area contributed by atoms with Crippen molar-refractivity contribution >= 4 is 23.5 Å². The summed E-state index contributed by atoms with van der Waals surface area (Å²) in [6, 6.07) is 4.38. The molecule has 1 unspecified atom stereocenters. The van der Waals surface area contributed by atoms with Crippen molar-refractivity contribution in [1.82, 2.24) is 0 Å². The maximum absolute atomic E-state index is 11.9. The van der Waals surface area contributed by atoms with Crippen LogP contribution >= 0.6 is 0 Å². The molecule has 2 N–H and O–H groups in total. The Morgan fingerprint density at radius 2 is 2.05 bits per heavy atom. The molecule has 20 heavy (non-hydrogen) atoms. The lowest BCUT2D eigenvalue weighted by molar-refractivity contribution is -0.141. The van der Waals surface area contributed by atoms with Crippen molar-refractivity contribution in [1.29, 1.82) is 0 Å². The summed E-state index contributed by atoms with van der Waals surface area (Å²) < 4.78 is 5.09. The van der Waals surface area contributed by atoms with Crippen molar-refractivity contribution in [2.75, 3.05) is 18.6 Å². The number of amides is 1. The summed E-state index contributed by atoms with van der Waals surface area (Å²) in [5.41, 5.74) is 0.0139. The maximum Gasteiger partial charge on any atom is 0.337 e. The average Bonchev–Trinajstić information content (AvgIpc) is 2.79. The van der Waals surface area contributed by atoms with Crippen molar-refractivity contribution in [3.8, 4) is 5.75 Å². The number of aliphatic carboxylic acids is 1. The highest BCUT2D eigenvalue weighted by molar-refractivity contribution is 6.06. The quantitative estimate of drug-likeness (QED) is 0.846. The van der Waals surface area contributed by atoms with Crippen LogP contribution in [0.5, 0.6) is 5.75 Å². The van der Waals surface area contributed by atoms with Crippen LogP contribution in [-0.2, 0) is 9.59 Å². The van der Waals surface area contributed by atoms with Crippen molar-refractivity contribution < 1.29 is 29.3 Å². The van der Waals surface area contributed by atoms with Gasteiger partial charge < -0.3 is 19.8 Å². The number of ether oxygens (including phenoxy) is 1. The van der Waals surface area contributed by atoms with Gasteiger partial charge in [-0.15, -0.1) is 0 Å². The molecule has 0 bridgehead atoms. The first-order valence-electron chi connectivity index (χ1n) is 5.89. The summed E-state index contributed by atoms with van der Waals surface area (Å²) in [4.78, 5) is 35.3. The molecule has 0 aliphatic carbocycles. The van der Waals surface area contributed by atoms with Gasteiger partial charge in [0.2, 0.25) is 5.91 Å². The molecule has 0 radical (unpaired) electrons. The zero-order valence-electron chi connectivity index (χ0n) is 10.7. The van der Waals surface area contributed by atoms with Crippen molar-refractivity contribution in [3.63, 3.8) is 0 Å². The van der Waals surface area contributed by atoms with Crippen molar-refractivity contribution in [2.24, 2.45) is 5.92 Å². The second-order valence-electron chi connectivity index (χ2n) is 4.41. The third-order valence-corrected chi connectivity index (χ3v) is 3.19. The number of carbonyl (C=O) groups excluding carboxylic acids is 1. The highest BCUT2D eigenvalue weighted by atomic mass is 16.5. The SMILES string of the molecule is COc1cccc(C(=O)O)c1N1CC(C(=O)O)CC1=O. The van der Waals surface area contributed by atoms with Gasteiger partial charge in [-0.05, 0) is 12.1 Å². The summed E-state index contributed by atoms with van der Waals surface area (Å²) in [5, 5.41) is 18.2. The smallest absolute Gasteiger partial charge is 0.337 e. The number of nitrogens with zero attached hydrogens (tertiary/aromatic N) is 1. The number of carboxylic acid groups (broad SMARTS) is 2. The number of methoxy groups -OCH3 is 1. The molecule has 1 aromatic carbocycles. The molecule has 106 valence electrons. The van der Waals surface area contributed by atoms with E-state index in [0.717, 1.165) is 0 Å². The normalized spacial score (nSPS) is 18.1. The van der Waals surface area contributed by atoms with Gasteiger partial charge in [0.25, 0.3) is 0 Å². The standard InChI is InChI=1S/C13H13NO6/c1-20-9-4-2-3-8(13(18)19)11(9)14-6-7(12(16)17)5-10(14)15/h2-4,7H,5-6H2,1H3,(H,16,17)(H,18,19). The van der Waals surface area contributed by atoms with Gasteiger partial charge in [-0.2, -0.15) is 0 Å². The van der Waals surface area contributed by atoms with Gasteiger partial charge >= 0.3 is 11.9 Å². The summed E-state index contributed by atoms with van der Waals surface area (Å²) in [6.07, 6.45) is -0.146. The number of benzene rings is 1. The van der Waals surface area contributed by atoms with E-state index in [-0.39, 0.29) is 30.0 Å². The van der Waals surface area contributed by atoms with Gasteiger partial charge in [0.05, 0.1) is 18.6 Å². The zero-order chi connectivity index (χ0) is 14.9. The number of hydrogen-bond donors (Lipinski definition) is 2. The number of hydrogen-bond acceptors (Lipinski definition) is 4. The molecule has 0 spiro atoms. The lowest BCUT2D eigenvalue weighted by Crippen LogP contribution is -2.28. The van der Waals surface area contributed by atoms with Crippen LogP contribution in [0.3, 0.4) is 0 Å². The van der Waals surface area contributed by atoms with Gasteiger partial charge in [0.1, 0.15) is 11.4 Å². The summed E-state index contributed by atoms with van der Waals surface area (Å²) in [5.74, 6) is -3.32. The van der Waals surface area contributed by atoms with Gasteiger partial charge in [0.15, 0.2) is 0 Å². The predicted molar refractivity (Wildman–Crippen MR) is 68.0 cm³/mol. The van der Waals surface area contributed by atoms with Crippen LogP contribution in [0.2, 0.25) is 0 Å². The van der Waals surface area contributed by atoms with E-state index in [4.69, 9.17) is 9.84 Å². The van der Waals surface area contributed by atoms with Gasteiger partial charge in [-0.3, -0.25) is 9.59 Å². The van der Waals surface area contributed by atoms with E-state index in [1.165, 1.54) is 30.2 Å². The topological polar surface area (TPSA) is 104 Å². The van der Waals surface area contributed by atoms with Crippen LogP contribution in [-0.4, -0.2) is 41.7 Å². The fourth-order valence-corrected chi connectivity index (χ4v) is 2.23. The van der Waals surface area contributed by atoms with Gasteiger partial charge in [-0.25, -0.2) is 4.79 Å². The third kappa shape index (κ3) is 2.29. The molecule has 1 aliphatic rings. The molecular weight excluding hydrogens is 266 g/mol. The number of rotatable bonds is 4. The number of para-hydroxylation sites is 1. The number of aromatic carboxylic acids is 1. The van der Waals surface area contributed by atoms with E-state index < -0.39 is 23.8 Å². The molecule has 0 saturated carbocycles.